The minimum absolute atomic E-state index is 0.496. The van der Waals surface area contributed by atoms with Crippen molar-refractivity contribution in [2.45, 2.75) is 39.5 Å². The van der Waals surface area contributed by atoms with Crippen LogP contribution in [-0.4, -0.2) is 26.3 Å². The molecule has 1 N–H and O–H groups in total. The topological polar surface area (TPSA) is 30.5 Å². The van der Waals surface area contributed by atoms with E-state index in [4.69, 9.17) is 9.47 Å². The second-order valence-electron chi connectivity index (χ2n) is 5.65. The summed E-state index contributed by atoms with van der Waals surface area (Å²) in [5, 5.41) is 3.54. The van der Waals surface area contributed by atoms with Crippen molar-refractivity contribution in [3.63, 3.8) is 0 Å². The normalized spacial score (nSPS) is 15.9. The lowest BCUT2D eigenvalue weighted by atomic mass is 10.0. The Bertz CT molecular complexity index is 402. The van der Waals surface area contributed by atoms with Crippen molar-refractivity contribution in [1.29, 1.82) is 0 Å². The Kier molecular flexibility index (Phi) is 5.72. The van der Waals surface area contributed by atoms with Gasteiger partial charge < -0.3 is 14.8 Å². The molecule has 112 valence electrons. The Hall–Kier alpha value is -1.22. The van der Waals surface area contributed by atoms with Crippen molar-refractivity contribution in [3.05, 3.63) is 24.3 Å². The molecule has 0 saturated heterocycles. The number of benzene rings is 1. The molecule has 0 atom stereocenters. The van der Waals surface area contributed by atoms with Crippen LogP contribution in [0, 0.1) is 5.41 Å². The maximum Gasteiger partial charge on any atom is 0.161 e. The summed E-state index contributed by atoms with van der Waals surface area (Å²) in [6.45, 7) is 7.91. The summed E-state index contributed by atoms with van der Waals surface area (Å²) in [6.07, 6.45) is 5.00. The number of nitrogens with one attached hydrogen (secondary N) is 1. The highest BCUT2D eigenvalue weighted by atomic mass is 16.5. The molecule has 0 amide bonds. The number of hydrogen-bond donors (Lipinski definition) is 1. The smallest absolute Gasteiger partial charge is 0.161 e. The second-order valence-corrected chi connectivity index (χ2v) is 5.65. The summed E-state index contributed by atoms with van der Waals surface area (Å²) >= 11 is 0. The molecule has 2 rings (SSSR count). The summed E-state index contributed by atoms with van der Waals surface area (Å²) in [4.78, 5) is 0. The molecular weight excluding hydrogens is 250 g/mol. The van der Waals surface area contributed by atoms with Crippen molar-refractivity contribution in [1.82, 2.24) is 5.32 Å². The van der Waals surface area contributed by atoms with Crippen LogP contribution in [0.1, 0.15) is 39.5 Å². The number of ether oxygens (including phenoxy) is 2. The molecule has 1 fully saturated rings. The molecular formula is C17H27NO2. The summed E-state index contributed by atoms with van der Waals surface area (Å²) in [5.74, 6) is 1.72. The molecule has 1 saturated carbocycles. The van der Waals surface area contributed by atoms with E-state index in [9.17, 15) is 0 Å². The van der Waals surface area contributed by atoms with E-state index in [1.54, 1.807) is 0 Å². The number of para-hydroxylation sites is 2. The van der Waals surface area contributed by atoms with Crippen molar-refractivity contribution < 1.29 is 9.47 Å². The number of rotatable bonds is 10. The standard InChI is InChI=1S/C17H27NO2/c1-3-12-18-14-17(9-10-17)11-13-20-16-8-6-5-7-15(16)19-4-2/h5-8,18H,3-4,9-14H2,1-2H3. The van der Waals surface area contributed by atoms with Crippen LogP contribution in [-0.2, 0) is 0 Å². The Morgan fingerprint density at radius 3 is 2.40 bits per heavy atom. The van der Waals surface area contributed by atoms with Crippen molar-refractivity contribution in [3.8, 4) is 11.5 Å². The summed E-state index contributed by atoms with van der Waals surface area (Å²) in [6, 6.07) is 7.93. The fraction of sp³-hybridized carbons (Fsp3) is 0.647. The predicted molar refractivity (Wildman–Crippen MR) is 82.6 cm³/mol. The molecule has 0 heterocycles. The highest BCUT2D eigenvalue weighted by Gasteiger charge is 2.41. The first kappa shape index (κ1) is 15.2. The van der Waals surface area contributed by atoms with Gasteiger partial charge in [0.1, 0.15) is 0 Å². The molecule has 3 nitrogen and oxygen atoms in total. The first-order valence-electron chi connectivity index (χ1n) is 7.85. The van der Waals surface area contributed by atoms with Crippen molar-refractivity contribution in [2.75, 3.05) is 26.3 Å². The van der Waals surface area contributed by atoms with Crippen LogP contribution >= 0.6 is 0 Å². The zero-order valence-electron chi connectivity index (χ0n) is 12.8. The fourth-order valence-electron chi connectivity index (χ4n) is 2.44. The van der Waals surface area contributed by atoms with Crippen molar-refractivity contribution >= 4 is 0 Å². The second kappa shape index (κ2) is 7.53. The lowest BCUT2D eigenvalue weighted by molar-refractivity contribution is 0.246. The first-order valence-corrected chi connectivity index (χ1v) is 7.85. The van der Waals surface area contributed by atoms with Crippen molar-refractivity contribution in [2.24, 2.45) is 5.41 Å². The largest absolute Gasteiger partial charge is 0.490 e. The lowest BCUT2D eigenvalue weighted by Crippen LogP contribution is -2.26. The molecule has 1 aliphatic carbocycles. The molecule has 1 aliphatic rings. The third-order valence-corrected chi connectivity index (χ3v) is 3.92. The van der Waals surface area contributed by atoms with Gasteiger partial charge in [-0.05, 0) is 56.7 Å². The average molecular weight is 277 g/mol. The van der Waals surface area contributed by atoms with Gasteiger partial charge in [-0.3, -0.25) is 0 Å². The van der Waals surface area contributed by atoms with E-state index in [-0.39, 0.29) is 0 Å². The van der Waals surface area contributed by atoms with Gasteiger partial charge in [-0.1, -0.05) is 19.1 Å². The Balaban J connectivity index is 1.75. The van der Waals surface area contributed by atoms with Crippen LogP contribution in [0.3, 0.4) is 0 Å². The van der Waals surface area contributed by atoms with Gasteiger partial charge in [-0.15, -0.1) is 0 Å². The Labute approximate surface area is 122 Å². The molecule has 0 aliphatic heterocycles. The van der Waals surface area contributed by atoms with Gasteiger partial charge in [0.15, 0.2) is 11.5 Å². The van der Waals surface area contributed by atoms with Gasteiger partial charge in [-0.25, -0.2) is 0 Å². The van der Waals surface area contributed by atoms with Gasteiger partial charge in [-0.2, -0.15) is 0 Å². The Morgan fingerprint density at radius 2 is 1.80 bits per heavy atom. The van der Waals surface area contributed by atoms with Crippen LogP contribution in [0.4, 0.5) is 0 Å². The maximum atomic E-state index is 5.92. The van der Waals surface area contributed by atoms with Gasteiger partial charge in [0, 0.05) is 6.54 Å². The van der Waals surface area contributed by atoms with E-state index < -0.39 is 0 Å². The molecule has 20 heavy (non-hydrogen) atoms. The third kappa shape index (κ3) is 4.41. The van der Waals surface area contributed by atoms with Gasteiger partial charge in [0.2, 0.25) is 0 Å². The maximum absolute atomic E-state index is 5.92. The quantitative estimate of drug-likeness (QED) is 0.662. The lowest BCUT2D eigenvalue weighted by Gasteiger charge is -2.17. The van der Waals surface area contributed by atoms with Gasteiger partial charge in [0.05, 0.1) is 13.2 Å². The van der Waals surface area contributed by atoms with E-state index in [1.165, 1.54) is 19.3 Å². The van der Waals surface area contributed by atoms with Crippen LogP contribution in [0.25, 0.3) is 0 Å². The van der Waals surface area contributed by atoms with Gasteiger partial charge >= 0.3 is 0 Å². The van der Waals surface area contributed by atoms with E-state index in [2.05, 4.69) is 12.2 Å². The molecule has 1 aromatic rings. The summed E-state index contributed by atoms with van der Waals surface area (Å²) in [5.41, 5.74) is 0.496. The molecule has 1 aromatic carbocycles. The van der Waals surface area contributed by atoms with Crippen LogP contribution < -0.4 is 14.8 Å². The summed E-state index contributed by atoms with van der Waals surface area (Å²) < 4.78 is 11.5. The fourth-order valence-corrected chi connectivity index (χ4v) is 2.44. The zero-order valence-corrected chi connectivity index (χ0v) is 12.8. The molecule has 0 unspecified atom stereocenters. The monoisotopic (exact) mass is 277 g/mol. The molecule has 0 aromatic heterocycles. The molecule has 0 bridgehead atoms. The van der Waals surface area contributed by atoms with Gasteiger partial charge in [0.25, 0.3) is 0 Å². The Morgan fingerprint density at radius 1 is 1.10 bits per heavy atom. The highest BCUT2D eigenvalue weighted by Crippen LogP contribution is 2.48. The zero-order chi connectivity index (χ0) is 14.3. The average Bonchev–Trinajstić information content (AvgIpc) is 3.22. The minimum Gasteiger partial charge on any atom is -0.490 e. The summed E-state index contributed by atoms with van der Waals surface area (Å²) in [7, 11) is 0. The third-order valence-electron chi connectivity index (χ3n) is 3.92. The minimum atomic E-state index is 0.496. The highest BCUT2D eigenvalue weighted by molar-refractivity contribution is 5.39. The molecule has 0 spiro atoms. The van der Waals surface area contributed by atoms with Crippen LogP contribution in [0.2, 0.25) is 0 Å². The molecule has 0 radical (unpaired) electrons. The first-order chi connectivity index (χ1) is 9.79. The predicted octanol–water partition coefficient (Wildman–Crippen LogP) is 3.63. The number of hydrogen-bond acceptors (Lipinski definition) is 3. The van der Waals surface area contributed by atoms with E-state index in [0.717, 1.165) is 37.6 Å². The molecule has 3 heteroatoms. The SMILES string of the molecule is CCCNCC1(CCOc2ccccc2OCC)CC1. The van der Waals surface area contributed by atoms with E-state index >= 15 is 0 Å². The van der Waals surface area contributed by atoms with Crippen LogP contribution in [0.15, 0.2) is 24.3 Å². The van der Waals surface area contributed by atoms with E-state index in [1.807, 2.05) is 31.2 Å². The van der Waals surface area contributed by atoms with E-state index in [0.29, 0.717) is 12.0 Å². The van der Waals surface area contributed by atoms with Crippen LogP contribution in [0.5, 0.6) is 11.5 Å².